The summed E-state index contributed by atoms with van der Waals surface area (Å²) in [5, 5.41) is 3.03. The van der Waals surface area contributed by atoms with Gasteiger partial charge in [0.2, 0.25) is 11.8 Å². The number of piperazine rings is 1. The average Bonchev–Trinajstić information content (AvgIpc) is 3.05. The van der Waals surface area contributed by atoms with Crippen LogP contribution < -0.4 is 11.1 Å². The molecule has 3 N–H and O–H groups in total. The van der Waals surface area contributed by atoms with Crippen molar-refractivity contribution in [2.45, 2.75) is 39.2 Å². The number of benzene rings is 1. The minimum atomic E-state index is 0. The zero-order valence-electron chi connectivity index (χ0n) is 16.6. The van der Waals surface area contributed by atoms with Gasteiger partial charge >= 0.3 is 0 Å². The standard InChI is InChI=1S/C20H30N4O2.2ClH/c1-14-4-3-5-15(2)19(14)22-18(25)13-23-8-10-24(11-9-23)20(26)16-6-7-17(21)12-16;;/h3-5,16-17H,6-13,21H2,1-2H3,(H,22,25);2*1H. The normalized spacial score (nSPS) is 22.2. The fraction of sp³-hybridized carbons (Fsp3) is 0.600. The number of nitrogens with two attached hydrogens (primary N) is 1. The van der Waals surface area contributed by atoms with E-state index in [1.54, 1.807) is 0 Å². The quantitative estimate of drug-likeness (QED) is 0.767. The van der Waals surface area contributed by atoms with Crippen LogP contribution in [-0.4, -0.2) is 60.4 Å². The largest absolute Gasteiger partial charge is 0.340 e. The Bertz CT molecular complexity index is 658. The molecule has 2 amide bonds. The predicted molar refractivity (Wildman–Crippen MR) is 117 cm³/mol. The predicted octanol–water partition coefficient (Wildman–Crippen LogP) is 2.36. The lowest BCUT2D eigenvalue weighted by Crippen LogP contribution is -2.51. The molecule has 1 saturated heterocycles. The van der Waals surface area contributed by atoms with E-state index >= 15 is 0 Å². The van der Waals surface area contributed by atoms with Crippen LogP contribution >= 0.6 is 24.8 Å². The minimum Gasteiger partial charge on any atom is -0.340 e. The molecule has 0 aromatic heterocycles. The summed E-state index contributed by atoms with van der Waals surface area (Å²) < 4.78 is 0. The summed E-state index contributed by atoms with van der Waals surface area (Å²) in [5.41, 5.74) is 8.98. The Morgan fingerprint density at radius 1 is 1.07 bits per heavy atom. The van der Waals surface area contributed by atoms with Crippen molar-refractivity contribution in [3.63, 3.8) is 0 Å². The second kappa shape index (κ2) is 11.0. The minimum absolute atomic E-state index is 0. The molecule has 3 rings (SSSR count). The molecule has 2 unspecified atom stereocenters. The molecular formula is C20H32Cl2N4O2. The molecule has 8 heteroatoms. The van der Waals surface area contributed by atoms with Crippen LogP contribution in [0.25, 0.3) is 0 Å². The Kier molecular flexibility index (Phi) is 9.70. The number of nitrogens with zero attached hydrogens (tertiary/aromatic N) is 2. The summed E-state index contributed by atoms with van der Waals surface area (Å²) in [5.74, 6) is 0.352. The number of nitrogens with one attached hydrogen (secondary N) is 1. The van der Waals surface area contributed by atoms with Crippen molar-refractivity contribution in [1.29, 1.82) is 0 Å². The molecule has 1 aromatic carbocycles. The number of amides is 2. The van der Waals surface area contributed by atoms with E-state index in [9.17, 15) is 9.59 Å². The fourth-order valence-corrected chi connectivity index (χ4v) is 4.02. The summed E-state index contributed by atoms with van der Waals surface area (Å²) in [7, 11) is 0. The number of halogens is 2. The van der Waals surface area contributed by atoms with Crippen LogP contribution in [0.1, 0.15) is 30.4 Å². The molecule has 1 aromatic rings. The van der Waals surface area contributed by atoms with Crippen molar-refractivity contribution in [1.82, 2.24) is 9.80 Å². The van der Waals surface area contributed by atoms with Gasteiger partial charge in [-0.1, -0.05) is 18.2 Å². The van der Waals surface area contributed by atoms with Crippen LogP contribution in [0.4, 0.5) is 5.69 Å². The number of carbonyl (C=O) groups excluding carboxylic acids is 2. The molecule has 0 spiro atoms. The molecule has 0 bridgehead atoms. The Morgan fingerprint density at radius 2 is 1.68 bits per heavy atom. The summed E-state index contributed by atoms with van der Waals surface area (Å²) in [6, 6.07) is 6.18. The summed E-state index contributed by atoms with van der Waals surface area (Å²) in [6.07, 6.45) is 2.69. The maximum atomic E-state index is 12.6. The molecule has 1 heterocycles. The van der Waals surface area contributed by atoms with Crippen LogP contribution in [-0.2, 0) is 9.59 Å². The summed E-state index contributed by atoms with van der Waals surface area (Å²) in [6.45, 7) is 7.24. The highest BCUT2D eigenvalue weighted by atomic mass is 35.5. The average molecular weight is 431 g/mol. The molecule has 28 heavy (non-hydrogen) atoms. The third kappa shape index (κ3) is 6.08. The van der Waals surface area contributed by atoms with Gasteiger partial charge in [-0.25, -0.2) is 0 Å². The maximum absolute atomic E-state index is 12.6. The van der Waals surface area contributed by atoms with Gasteiger partial charge in [-0.2, -0.15) is 0 Å². The van der Waals surface area contributed by atoms with Gasteiger partial charge in [-0.3, -0.25) is 14.5 Å². The highest BCUT2D eigenvalue weighted by molar-refractivity contribution is 5.93. The van der Waals surface area contributed by atoms with Crippen LogP contribution in [0.5, 0.6) is 0 Å². The molecule has 1 saturated carbocycles. The number of rotatable bonds is 4. The summed E-state index contributed by atoms with van der Waals surface area (Å²) >= 11 is 0. The van der Waals surface area contributed by atoms with Crippen molar-refractivity contribution < 1.29 is 9.59 Å². The summed E-state index contributed by atoms with van der Waals surface area (Å²) in [4.78, 5) is 29.0. The van der Waals surface area contributed by atoms with E-state index in [0.29, 0.717) is 19.6 Å². The van der Waals surface area contributed by atoms with E-state index in [4.69, 9.17) is 5.73 Å². The fourth-order valence-electron chi connectivity index (χ4n) is 4.02. The number of hydrogen-bond donors (Lipinski definition) is 2. The molecule has 2 aliphatic rings. The lowest BCUT2D eigenvalue weighted by Gasteiger charge is -2.35. The van der Waals surface area contributed by atoms with E-state index in [2.05, 4.69) is 10.2 Å². The van der Waals surface area contributed by atoms with Crippen LogP contribution in [0.3, 0.4) is 0 Å². The van der Waals surface area contributed by atoms with Gasteiger partial charge in [0.05, 0.1) is 6.54 Å². The van der Waals surface area contributed by atoms with E-state index in [0.717, 1.165) is 49.2 Å². The number of para-hydroxylation sites is 1. The lowest BCUT2D eigenvalue weighted by atomic mass is 10.1. The van der Waals surface area contributed by atoms with Crippen molar-refractivity contribution in [2.75, 3.05) is 38.0 Å². The van der Waals surface area contributed by atoms with Gasteiger partial charge in [-0.05, 0) is 44.2 Å². The first-order valence-corrected chi connectivity index (χ1v) is 9.57. The molecule has 2 atom stereocenters. The zero-order valence-corrected chi connectivity index (χ0v) is 18.3. The van der Waals surface area contributed by atoms with Crippen LogP contribution in [0.15, 0.2) is 18.2 Å². The van der Waals surface area contributed by atoms with Gasteiger partial charge in [0, 0.05) is 43.8 Å². The zero-order chi connectivity index (χ0) is 18.7. The topological polar surface area (TPSA) is 78.7 Å². The number of hydrogen-bond acceptors (Lipinski definition) is 4. The monoisotopic (exact) mass is 430 g/mol. The van der Waals surface area contributed by atoms with Gasteiger partial charge in [0.1, 0.15) is 0 Å². The SMILES string of the molecule is Cc1cccc(C)c1NC(=O)CN1CCN(C(=O)C2CCC(N)C2)CC1.Cl.Cl. The van der Waals surface area contributed by atoms with Gasteiger partial charge in [0.15, 0.2) is 0 Å². The maximum Gasteiger partial charge on any atom is 0.238 e. The Hall–Kier alpha value is -1.34. The van der Waals surface area contributed by atoms with Gasteiger partial charge in [0.25, 0.3) is 0 Å². The van der Waals surface area contributed by atoms with Crippen LogP contribution in [0.2, 0.25) is 0 Å². The third-order valence-corrected chi connectivity index (χ3v) is 5.62. The molecule has 1 aliphatic heterocycles. The first-order chi connectivity index (χ1) is 12.4. The van der Waals surface area contributed by atoms with E-state index in [1.165, 1.54) is 0 Å². The number of carbonyl (C=O) groups is 2. The van der Waals surface area contributed by atoms with Gasteiger partial charge < -0.3 is 16.0 Å². The highest BCUT2D eigenvalue weighted by Gasteiger charge is 2.32. The Morgan fingerprint density at radius 3 is 2.21 bits per heavy atom. The van der Waals surface area contributed by atoms with Crippen molar-refractivity contribution >= 4 is 42.3 Å². The van der Waals surface area contributed by atoms with Crippen molar-refractivity contribution in [2.24, 2.45) is 11.7 Å². The van der Waals surface area contributed by atoms with E-state index in [1.807, 2.05) is 36.9 Å². The second-order valence-electron chi connectivity index (χ2n) is 7.69. The van der Waals surface area contributed by atoms with Crippen molar-refractivity contribution in [3.8, 4) is 0 Å². The number of aryl methyl sites for hydroxylation is 2. The lowest BCUT2D eigenvalue weighted by molar-refractivity contribution is -0.137. The molecule has 2 fully saturated rings. The first-order valence-electron chi connectivity index (χ1n) is 9.57. The third-order valence-electron chi connectivity index (χ3n) is 5.62. The Balaban J connectivity index is 0.00000196. The van der Waals surface area contributed by atoms with Crippen LogP contribution in [0, 0.1) is 19.8 Å². The molecule has 1 aliphatic carbocycles. The van der Waals surface area contributed by atoms with Gasteiger partial charge in [-0.15, -0.1) is 24.8 Å². The highest BCUT2D eigenvalue weighted by Crippen LogP contribution is 2.26. The smallest absolute Gasteiger partial charge is 0.238 e. The van der Waals surface area contributed by atoms with E-state index < -0.39 is 0 Å². The van der Waals surface area contributed by atoms with Crippen molar-refractivity contribution in [3.05, 3.63) is 29.3 Å². The molecule has 6 nitrogen and oxygen atoms in total. The number of anilines is 1. The first kappa shape index (κ1) is 24.7. The second-order valence-corrected chi connectivity index (χ2v) is 7.69. The molecular weight excluding hydrogens is 399 g/mol. The Labute approximate surface area is 180 Å². The van der Waals surface area contributed by atoms with E-state index in [-0.39, 0.29) is 48.6 Å². The molecule has 0 radical (unpaired) electrons. The molecule has 158 valence electrons.